The maximum atomic E-state index is 6.60. The van der Waals surface area contributed by atoms with E-state index in [0.29, 0.717) is 29.1 Å². The molecule has 122 valence electrons. The van der Waals surface area contributed by atoms with Crippen molar-refractivity contribution in [3.8, 4) is 0 Å². The van der Waals surface area contributed by atoms with Gasteiger partial charge in [-0.05, 0) is 55.9 Å². The zero-order valence-corrected chi connectivity index (χ0v) is 14.4. The van der Waals surface area contributed by atoms with Crippen LogP contribution in [0, 0.1) is 16.7 Å². The van der Waals surface area contributed by atoms with Crippen molar-refractivity contribution in [2.75, 3.05) is 13.2 Å². The van der Waals surface area contributed by atoms with Gasteiger partial charge in [0.25, 0.3) is 0 Å². The van der Waals surface area contributed by atoms with Crippen molar-refractivity contribution in [1.82, 2.24) is 5.32 Å². The van der Waals surface area contributed by atoms with Crippen molar-refractivity contribution in [3.05, 3.63) is 0 Å². The molecule has 0 spiro atoms. The zero-order chi connectivity index (χ0) is 15.3. The largest absolute Gasteiger partial charge is 0.374 e. The van der Waals surface area contributed by atoms with Crippen LogP contribution in [0.1, 0.15) is 60.3 Å². The van der Waals surface area contributed by atoms with Gasteiger partial charge in [0.15, 0.2) is 0 Å². The molecule has 0 amide bonds. The summed E-state index contributed by atoms with van der Waals surface area (Å²) in [7, 11) is 0. The van der Waals surface area contributed by atoms with Crippen molar-refractivity contribution in [2.24, 2.45) is 16.7 Å². The van der Waals surface area contributed by atoms with Crippen LogP contribution in [0.4, 0.5) is 0 Å². The van der Waals surface area contributed by atoms with Gasteiger partial charge in [-0.2, -0.15) is 0 Å². The van der Waals surface area contributed by atoms with Crippen molar-refractivity contribution in [2.45, 2.75) is 84.7 Å². The smallest absolute Gasteiger partial charge is 0.0990 e. The lowest BCUT2D eigenvalue weighted by Crippen LogP contribution is -2.61. The van der Waals surface area contributed by atoms with Crippen molar-refractivity contribution in [1.29, 1.82) is 0 Å². The maximum absolute atomic E-state index is 6.60. The summed E-state index contributed by atoms with van der Waals surface area (Å²) in [5.41, 5.74) is 0.793. The van der Waals surface area contributed by atoms with Crippen LogP contribution in [-0.2, 0) is 9.47 Å². The molecule has 0 aliphatic heterocycles. The molecule has 0 radical (unpaired) electrons. The molecule has 0 saturated heterocycles. The van der Waals surface area contributed by atoms with Gasteiger partial charge < -0.3 is 14.8 Å². The first-order chi connectivity index (χ1) is 9.94. The molecule has 6 atom stereocenters. The average Bonchev–Trinajstić information content (AvgIpc) is 2.76. The van der Waals surface area contributed by atoms with Crippen LogP contribution in [0.3, 0.4) is 0 Å². The Balaban J connectivity index is 1.63. The lowest BCUT2D eigenvalue weighted by Gasteiger charge is -2.48. The van der Waals surface area contributed by atoms with E-state index in [1.54, 1.807) is 0 Å². The van der Waals surface area contributed by atoms with E-state index >= 15 is 0 Å². The van der Waals surface area contributed by atoms with Gasteiger partial charge in [0.05, 0.1) is 18.3 Å². The van der Waals surface area contributed by atoms with E-state index in [0.717, 1.165) is 25.5 Å². The van der Waals surface area contributed by atoms with E-state index in [9.17, 15) is 0 Å². The Hall–Kier alpha value is -0.120. The van der Waals surface area contributed by atoms with Crippen LogP contribution in [0.15, 0.2) is 0 Å². The molecule has 21 heavy (non-hydrogen) atoms. The Morgan fingerprint density at radius 2 is 1.90 bits per heavy atom. The Morgan fingerprint density at radius 3 is 2.43 bits per heavy atom. The molecule has 2 bridgehead atoms. The fourth-order valence-corrected chi connectivity index (χ4v) is 5.14. The van der Waals surface area contributed by atoms with Crippen LogP contribution in [0.5, 0.6) is 0 Å². The highest BCUT2D eigenvalue weighted by Gasteiger charge is 2.63. The predicted octanol–water partition coefficient (Wildman–Crippen LogP) is 3.37. The Labute approximate surface area is 130 Å². The second-order valence-electron chi connectivity index (χ2n) is 8.09. The number of rotatable bonds is 6. The van der Waals surface area contributed by atoms with Crippen molar-refractivity contribution in [3.63, 3.8) is 0 Å². The normalized spacial score (nSPS) is 47.6. The first-order valence-electron chi connectivity index (χ1n) is 8.94. The van der Waals surface area contributed by atoms with Gasteiger partial charge in [0.2, 0.25) is 0 Å². The molecule has 3 aliphatic rings. The molecular formula is C18H33NO2. The first-order valence-corrected chi connectivity index (χ1v) is 8.94. The standard InChI is InChI=1S/C18H33NO2/c1-6-19-13-11-14(16(13)20-7-2)21-15-10-12-8-9-18(15,5)17(12,3)4/h12-16,19H,6-11H2,1-5H3. The number of hydrogen-bond acceptors (Lipinski definition) is 3. The fourth-order valence-electron chi connectivity index (χ4n) is 5.14. The highest BCUT2D eigenvalue weighted by Crippen LogP contribution is 2.66. The topological polar surface area (TPSA) is 30.5 Å². The van der Waals surface area contributed by atoms with Crippen molar-refractivity contribution < 1.29 is 9.47 Å². The quantitative estimate of drug-likeness (QED) is 0.815. The van der Waals surface area contributed by atoms with Gasteiger partial charge in [0, 0.05) is 12.6 Å². The van der Waals surface area contributed by atoms with Crippen LogP contribution in [0.2, 0.25) is 0 Å². The number of fused-ring (bicyclic) bond motifs is 2. The van der Waals surface area contributed by atoms with Crippen LogP contribution in [-0.4, -0.2) is 37.5 Å². The summed E-state index contributed by atoms with van der Waals surface area (Å²) in [6.07, 6.45) is 6.07. The maximum Gasteiger partial charge on any atom is 0.0990 e. The monoisotopic (exact) mass is 295 g/mol. The molecule has 1 N–H and O–H groups in total. The molecule has 0 aromatic carbocycles. The molecule has 3 saturated carbocycles. The Morgan fingerprint density at radius 1 is 1.14 bits per heavy atom. The second-order valence-corrected chi connectivity index (χ2v) is 8.09. The third kappa shape index (κ3) is 2.27. The van der Waals surface area contributed by atoms with E-state index < -0.39 is 0 Å². The number of likely N-dealkylation sites (N-methyl/N-ethyl adjacent to an activating group) is 1. The fraction of sp³-hybridized carbons (Fsp3) is 1.00. The summed E-state index contributed by atoms with van der Waals surface area (Å²) in [5, 5.41) is 3.53. The number of nitrogens with one attached hydrogen (secondary N) is 1. The van der Waals surface area contributed by atoms with Gasteiger partial charge in [-0.15, -0.1) is 0 Å². The molecule has 0 aromatic rings. The minimum absolute atomic E-state index is 0.251. The summed E-state index contributed by atoms with van der Waals surface area (Å²) >= 11 is 0. The summed E-state index contributed by atoms with van der Waals surface area (Å²) in [4.78, 5) is 0. The van der Waals surface area contributed by atoms with E-state index in [1.807, 2.05) is 0 Å². The average molecular weight is 295 g/mol. The van der Waals surface area contributed by atoms with Crippen LogP contribution >= 0.6 is 0 Å². The van der Waals surface area contributed by atoms with Gasteiger partial charge in [-0.3, -0.25) is 0 Å². The highest BCUT2D eigenvalue weighted by atomic mass is 16.6. The molecule has 0 aromatic heterocycles. The highest BCUT2D eigenvalue weighted by molar-refractivity contribution is 5.12. The Kier molecular flexibility index (Phi) is 4.13. The molecule has 0 heterocycles. The van der Waals surface area contributed by atoms with E-state index in [2.05, 4.69) is 39.9 Å². The molecule has 3 fully saturated rings. The first kappa shape index (κ1) is 15.8. The molecule has 3 rings (SSSR count). The van der Waals surface area contributed by atoms with E-state index in [1.165, 1.54) is 19.3 Å². The van der Waals surface area contributed by atoms with Crippen molar-refractivity contribution >= 4 is 0 Å². The second kappa shape index (κ2) is 5.50. The van der Waals surface area contributed by atoms with E-state index in [-0.39, 0.29) is 6.10 Å². The molecule has 3 heteroatoms. The summed E-state index contributed by atoms with van der Waals surface area (Å²) < 4.78 is 12.5. The summed E-state index contributed by atoms with van der Waals surface area (Å²) in [5.74, 6) is 0.850. The molecule has 6 unspecified atom stereocenters. The Bertz CT molecular complexity index is 383. The summed E-state index contributed by atoms with van der Waals surface area (Å²) in [6.45, 7) is 13.4. The third-order valence-corrected chi connectivity index (χ3v) is 7.13. The third-order valence-electron chi connectivity index (χ3n) is 7.13. The number of ether oxygens (including phenoxy) is 2. The summed E-state index contributed by atoms with van der Waals surface area (Å²) in [6, 6.07) is 0.486. The van der Waals surface area contributed by atoms with E-state index in [4.69, 9.17) is 9.47 Å². The minimum atomic E-state index is 0.251. The lowest BCUT2D eigenvalue weighted by molar-refractivity contribution is -0.189. The SMILES string of the molecule is CCNC1CC(OC2CC3CCC2(C)C3(C)C)C1OCC. The van der Waals surface area contributed by atoms with Gasteiger partial charge in [-0.1, -0.05) is 27.7 Å². The van der Waals surface area contributed by atoms with Gasteiger partial charge in [0.1, 0.15) is 0 Å². The molecule has 3 nitrogen and oxygen atoms in total. The molecule has 3 aliphatic carbocycles. The predicted molar refractivity (Wildman–Crippen MR) is 85.4 cm³/mol. The molecular weight excluding hydrogens is 262 g/mol. The van der Waals surface area contributed by atoms with Crippen LogP contribution in [0.25, 0.3) is 0 Å². The van der Waals surface area contributed by atoms with Gasteiger partial charge >= 0.3 is 0 Å². The van der Waals surface area contributed by atoms with Crippen LogP contribution < -0.4 is 5.32 Å². The van der Waals surface area contributed by atoms with Gasteiger partial charge in [-0.25, -0.2) is 0 Å². The minimum Gasteiger partial charge on any atom is -0.374 e. The lowest BCUT2D eigenvalue weighted by atomic mass is 9.70. The zero-order valence-electron chi connectivity index (χ0n) is 14.4. The number of hydrogen-bond donors (Lipinski definition) is 1.